The van der Waals surface area contributed by atoms with E-state index in [9.17, 15) is 9.90 Å². The zero-order valence-corrected chi connectivity index (χ0v) is 18.9. The van der Waals surface area contributed by atoms with Crippen molar-refractivity contribution in [2.75, 3.05) is 5.73 Å². The van der Waals surface area contributed by atoms with Crippen molar-refractivity contribution in [1.29, 1.82) is 0 Å². The third kappa shape index (κ3) is 3.01. The van der Waals surface area contributed by atoms with Gasteiger partial charge in [0.2, 0.25) is 0 Å². The highest BCUT2D eigenvalue weighted by Crippen LogP contribution is 2.42. The fraction of sp³-hybridized carbons (Fsp3) is 0.300. The number of aliphatic carboxylic acids is 1. The van der Waals surface area contributed by atoms with E-state index >= 15 is 0 Å². The van der Waals surface area contributed by atoms with Gasteiger partial charge in [-0.05, 0) is 63.6 Å². The maximum absolute atomic E-state index is 11.3. The Bertz CT molecular complexity index is 1290. The van der Waals surface area contributed by atoms with Crippen LogP contribution in [0, 0.1) is 5.92 Å². The minimum Gasteiger partial charge on any atom is -0.481 e. The summed E-state index contributed by atoms with van der Waals surface area (Å²) >= 11 is 7.20. The van der Waals surface area contributed by atoms with Crippen molar-refractivity contribution in [1.82, 2.24) is 19.6 Å². The van der Waals surface area contributed by atoms with Gasteiger partial charge in [-0.2, -0.15) is 9.61 Å². The van der Waals surface area contributed by atoms with Gasteiger partial charge in [0.1, 0.15) is 11.4 Å². The first kappa shape index (κ1) is 19.5. The lowest BCUT2D eigenvalue weighted by Crippen LogP contribution is -2.21. The molecule has 10 heteroatoms. The van der Waals surface area contributed by atoms with Crippen LogP contribution in [0.2, 0.25) is 0 Å². The molecule has 0 aromatic carbocycles. The monoisotopic (exact) mass is 533 g/mol. The Balaban J connectivity index is 1.62. The summed E-state index contributed by atoms with van der Waals surface area (Å²) in [7, 11) is 0. The van der Waals surface area contributed by atoms with Gasteiger partial charge in [-0.1, -0.05) is 0 Å². The average Bonchev–Trinajstić information content (AvgIpc) is 3.32. The summed E-state index contributed by atoms with van der Waals surface area (Å²) < 4.78 is 9.13. The maximum Gasteiger partial charge on any atom is 0.306 e. The lowest BCUT2D eigenvalue weighted by Gasteiger charge is -2.26. The quantitative estimate of drug-likeness (QED) is 0.379. The summed E-state index contributed by atoms with van der Waals surface area (Å²) in [4.78, 5) is 20.4. The second-order valence-corrected chi connectivity index (χ2v) is 9.08. The molecule has 8 nitrogen and oxygen atoms in total. The van der Waals surface area contributed by atoms with Crippen LogP contribution in [-0.4, -0.2) is 30.7 Å². The zero-order chi connectivity index (χ0) is 21.0. The van der Waals surface area contributed by atoms with Crippen LogP contribution in [0.25, 0.3) is 27.9 Å². The second-order valence-electron chi connectivity index (χ2n) is 7.49. The number of nitrogens with two attached hydrogens (primary N) is 1. The lowest BCUT2D eigenvalue weighted by molar-refractivity contribution is -0.142. The number of nitrogen functional groups attached to an aromatic ring is 1. The third-order valence-electron chi connectivity index (χ3n) is 5.78. The van der Waals surface area contributed by atoms with Crippen LogP contribution in [0.15, 0.2) is 38.0 Å². The fourth-order valence-corrected chi connectivity index (χ4v) is 5.32. The number of hydrogen-bond donors (Lipinski definition) is 2. The maximum atomic E-state index is 11.3. The number of nitrogens with zero attached hydrogens (tertiary/aromatic N) is 4. The van der Waals surface area contributed by atoms with Crippen molar-refractivity contribution in [2.24, 2.45) is 5.92 Å². The van der Waals surface area contributed by atoms with Crippen LogP contribution in [0.5, 0.6) is 0 Å². The molecule has 0 atom stereocenters. The standard InChI is InChI=1S/C20H17Br2N5O3/c21-14-11-7-24-6-5-13(11)30-17(14)12-8-25-27-18(23)15(22)16(26-19(12)27)9-1-3-10(4-2-9)20(28)29/h5-10H,1-4,23H2,(H,28,29)/t9-,10-. The second kappa shape index (κ2) is 7.35. The van der Waals surface area contributed by atoms with E-state index in [0.717, 1.165) is 34.0 Å². The molecule has 4 aromatic rings. The molecule has 0 saturated heterocycles. The van der Waals surface area contributed by atoms with Gasteiger partial charge in [-0.3, -0.25) is 9.78 Å². The van der Waals surface area contributed by atoms with E-state index in [1.54, 1.807) is 29.2 Å². The molecule has 4 aromatic heterocycles. The molecule has 0 unspecified atom stereocenters. The predicted octanol–water partition coefficient (Wildman–Crippen LogP) is 5.00. The smallest absolute Gasteiger partial charge is 0.306 e. The van der Waals surface area contributed by atoms with Gasteiger partial charge in [0.25, 0.3) is 0 Å². The number of hydrogen-bond acceptors (Lipinski definition) is 6. The van der Waals surface area contributed by atoms with Crippen LogP contribution >= 0.6 is 31.9 Å². The van der Waals surface area contributed by atoms with Crippen molar-refractivity contribution in [3.63, 3.8) is 0 Å². The van der Waals surface area contributed by atoms with Gasteiger partial charge in [0.05, 0.1) is 37.7 Å². The molecule has 3 N–H and O–H groups in total. The lowest BCUT2D eigenvalue weighted by atomic mass is 9.80. The van der Waals surface area contributed by atoms with Crippen molar-refractivity contribution < 1.29 is 14.3 Å². The van der Waals surface area contributed by atoms with Gasteiger partial charge in [0, 0.05) is 18.3 Å². The van der Waals surface area contributed by atoms with Gasteiger partial charge in [-0.25, -0.2) is 4.98 Å². The highest BCUT2D eigenvalue weighted by atomic mass is 79.9. The molecule has 0 amide bonds. The number of carboxylic acid groups (broad SMARTS) is 1. The summed E-state index contributed by atoms with van der Waals surface area (Å²) in [6, 6.07) is 1.81. The van der Waals surface area contributed by atoms with E-state index in [-0.39, 0.29) is 11.8 Å². The molecule has 154 valence electrons. The molecule has 0 radical (unpaired) electrons. The molecule has 1 saturated carbocycles. The summed E-state index contributed by atoms with van der Waals surface area (Å²) in [5.74, 6) is 0.191. The first-order valence-electron chi connectivity index (χ1n) is 9.53. The molecule has 5 rings (SSSR count). The number of carbonyl (C=O) groups is 1. The third-order valence-corrected chi connectivity index (χ3v) is 7.38. The van der Waals surface area contributed by atoms with Crippen molar-refractivity contribution in [2.45, 2.75) is 31.6 Å². The molecular weight excluding hydrogens is 518 g/mol. The Morgan fingerprint density at radius 3 is 2.67 bits per heavy atom. The first-order chi connectivity index (χ1) is 14.5. The van der Waals surface area contributed by atoms with Gasteiger partial charge < -0.3 is 15.3 Å². The molecule has 0 bridgehead atoms. The SMILES string of the molecule is Nc1c(Br)c([C@H]2CC[C@H](C(=O)O)CC2)nc2c(-c3oc4ccncc4c3Br)cnn12. The number of carboxylic acids is 1. The van der Waals surface area contributed by atoms with E-state index in [1.807, 2.05) is 0 Å². The summed E-state index contributed by atoms with van der Waals surface area (Å²) in [6.45, 7) is 0. The number of halogens is 2. The largest absolute Gasteiger partial charge is 0.481 e. The number of pyridine rings is 1. The highest BCUT2D eigenvalue weighted by Gasteiger charge is 2.30. The average molecular weight is 535 g/mol. The highest BCUT2D eigenvalue weighted by molar-refractivity contribution is 9.11. The van der Waals surface area contributed by atoms with Crippen LogP contribution in [0.4, 0.5) is 5.82 Å². The minimum atomic E-state index is -0.724. The van der Waals surface area contributed by atoms with Gasteiger partial charge in [0.15, 0.2) is 11.4 Å². The Labute approximate surface area is 187 Å². The zero-order valence-electron chi connectivity index (χ0n) is 15.7. The number of rotatable bonds is 3. The molecular formula is C20H17Br2N5O3. The summed E-state index contributed by atoms with van der Waals surface area (Å²) in [6.07, 6.45) is 7.87. The molecule has 0 spiro atoms. The Morgan fingerprint density at radius 2 is 1.97 bits per heavy atom. The van der Waals surface area contributed by atoms with E-state index in [2.05, 4.69) is 41.9 Å². The Morgan fingerprint density at radius 1 is 1.20 bits per heavy atom. The predicted molar refractivity (Wildman–Crippen MR) is 118 cm³/mol. The van der Waals surface area contributed by atoms with E-state index < -0.39 is 5.97 Å². The molecule has 1 fully saturated rings. The molecule has 0 aliphatic heterocycles. The van der Waals surface area contributed by atoms with Crippen molar-refractivity contribution in [3.8, 4) is 11.3 Å². The van der Waals surface area contributed by atoms with E-state index in [0.29, 0.717) is 40.1 Å². The number of fused-ring (bicyclic) bond motifs is 2. The molecule has 1 aliphatic carbocycles. The number of aromatic nitrogens is 4. The van der Waals surface area contributed by atoms with Gasteiger partial charge >= 0.3 is 5.97 Å². The Kier molecular flexibility index (Phi) is 4.78. The number of anilines is 1. The van der Waals surface area contributed by atoms with Crippen LogP contribution in [-0.2, 0) is 4.79 Å². The van der Waals surface area contributed by atoms with E-state index in [4.69, 9.17) is 15.1 Å². The van der Waals surface area contributed by atoms with Crippen LogP contribution < -0.4 is 5.73 Å². The molecule has 4 heterocycles. The van der Waals surface area contributed by atoms with E-state index in [1.165, 1.54) is 0 Å². The fourth-order valence-electron chi connectivity index (χ4n) is 4.14. The Hall–Kier alpha value is -2.46. The molecule has 1 aliphatic rings. The van der Waals surface area contributed by atoms with Crippen LogP contribution in [0.1, 0.15) is 37.3 Å². The summed E-state index contributed by atoms with van der Waals surface area (Å²) in [5, 5.41) is 14.6. The minimum absolute atomic E-state index is 0.133. The van der Waals surface area contributed by atoms with Gasteiger partial charge in [-0.15, -0.1) is 0 Å². The number of furan rings is 1. The summed E-state index contributed by atoms with van der Waals surface area (Å²) in [5.41, 5.74) is 9.23. The normalized spacial score (nSPS) is 19.5. The van der Waals surface area contributed by atoms with Crippen molar-refractivity contribution in [3.05, 3.63) is 39.3 Å². The molecule has 30 heavy (non-hydrogen) atoms. The van der Waals surface area contributed by atoms with Crippen LogP contribution in [0.3, 0.4) is 0 Å². The van der Waals surface area contributed by atoms with Crippen molar-refractivity contribution >= 4 is 60.3 Å². The topological polar surface area (TPSA) is 120 Å². The first-order valence-corrected chi connectivity index (χ1v) is 11.1.